The van der Waals surface area contributed by atoms with Crippen LogP contribution < -0.4 is 14.8 Å². The number of para-hydroxylation sites is 1. The fourth-order valence-corrected chi connectivity index (χ4v) is 3.00. The standard InChI is InChI=1S/C22H29NO3/c1-5-20(26-19-14-16(2)13-17(3)15-19)22(24)23-12-8-10-18-9-6-7-11-21(18)25-4/h6-7,9,11,13-15,20H,5,8,10,12H2,1-4H3,(H,23,24)/t20-/m1/s1. The Morgan fingerprint density at radius 2 is 1.81 bits per heavy atom. The van der Waals surface area contributed by atoms with Crippen LogP contribution >= 0.6 is 0 Å². The molecule has 2 aromatic carbocycles. The van der Waals surface area contributed by atoms with Crippen LogP contribution in [0.15, 0.2) is 42.5 Å². The molecular weight excluding hydrogens is 326 g/mol. The minimum absolute atomic E-state index is 0.0633. The van der Waals surface area contributed by atoms with Gasteiger partial charge in [-0.3, -0.25) is 4.79 Å². The lowest BCUT2D eigenvalue weighted by Crippen LogP contribution is -2.38. The number of hydrogen-bond donors (Lipinski definition) is 1. The van der Waals surface area contributed by atoms with Crippen LogP contribution in [0, 0.1) is 13.8 Å². The third-order valence-electron chi connectivity index (χ3n) is 4.25. The number of methoxy groups -OCH3 is 1. The van der Waals surface area contributed by atoms with Gasteiger partial charge in [-0.05, 0) is 68.0 Å². The van der Waals surface area contributed by atoms with Crippen molar-refractivity contribution < 1.29 is 14.3 Å². The first-order valence-corrected chi connectivity index (χ1v) is 9.18. The molecule has 0 aromatic heterocycles. The first kappa shape index (κ1) is 19.8. The van der Waals surface area contributed by atoms with Crippen molar-refractivity contribution in [2.45, 2.75) is 46.1 Å². The molecule has 0 aliphatic heterocycles. The number of carbonyl (C=O) groups is 1. The molecule has 1 atom stereocenters. The number of hydrogen-bond acceptors (Lipinski definition) is 3. The molecule has 0 bridgehead atoms. The summed E-state index contributed by atoms with van der Waals surface area (Å²) in [6.07, 6.45) is 1.87. The van der Waals surface area contributed by atoms with E-state index in [0.29, 0.717) is 13.0 Å². The summed E-state index contributed by atoms with van der Waals surface area (Å²) in [5.41, 5.74) is 3.42. The fourth-order valence-electron chi connectivity index (χ4n) is 3.00. The Morgan fingerprint density at radius 1 is 1.12 bits per heavy atom. The summed E-state index contributed by atoms with van der Waals surface area (Å²) >= 11 is 0. The first-order chi connectivity index (χ1) is 12.5. The summed E-state index contributed by atoms with van der Waals surface area (Å²) < 4.78 is 11.3. The van der Waals surface area contributed by atoms with Gasteiger partial charge in [-0.2, -0.15) is 0 Å². The molecule has 0 aliphatic rings. The molecule has 4 heteroatoms. The molecule has 0 saturated heterocycles. The van der Waals surface area contributed by atoms with Gasteiger partial charge in [0.2, 0.25) is 0 Å². The number of aryl methyl sites for hydroxylation is 3. The van der Waals surface area contributed by atoms with Crippen LogP contribution in [0.4, 0.5) is 0 Å². The van der Waals surface area contributed by atoms with Crippen molar-refractivity contribution in [2.24, 2.45) is 0 Å². The molecular formula is C22H29NO3. The van der Waals surface area contributed by atoms with E-state index in [0.717, 1.165) is 41.0 Å². The molecule has 26 heavy (non-hydrogen) atoms. The molecule has 1 N–H and O–H groups in total. The summed E-state index contributed by atoms with van der Waals surface area (Å²) in [5.74, 6) is 1.58. The predicted octanol–water partition coefficient (Wildman–Crippen LogP) is 4.22. The van der Waals surface area contributed by atoms with Crippen LogP contribution in [0.5, 0.6) is 11.5 Å². The van der Waals surface area contributed by atoms with Crippen molar-refractivity contribution in [2.75, 3.05) is 13.7 Å². The minimum Gasteiger partial charge on any atom is -0.496 e. The maximum absolute atomic E-state index is 12.4. The van der Waals surface area contributed by atoms with Crippen LogP contribution in [0.2, 0.25) is 0 Å². The van der Waals surface area contributed by atoms with Crippen molar-refractivity contribution >= 4 is 5.91 Å². The molecule has 0 aliphatic carbocycles. The number of carbonyl (C=O) groups excluding carboxylic acids is 1. The second kappa shape index (κ2) is 9.85. The maximum Gasteiger partial charge on any atom is 0.261 e. The van der Waals surface area contributed by atoms with E-state index < -0.39 is 6.10 Å². The van der Waals surface area contributed by atoms with Crippen molar-refractivity contribution in [3.8, 4) is 11.5 Å². The molecule has 1 amide bonds. The molecule has 2 rings (SSSR count). The monoisotopic (exact) mass is 355 g/mol. The maximum atomic E-state index is 12.4. The van der Waals surface area contributed by atoms with Crippen LogP contribution in [-0.4, -0.2) is 25.7 Å². The van der Waals surface area contributed by atoms with Crippen molar-refractivity contribution in [3.63, 3.8) is 0 Å². The number of nitrogens with one attached hydrogen (secondary N) is 1. The summed E-state index contributed by atoms with van der Waals surface area (Å²) in [4.78, 5) is 12.4. The van der Waals surface area contributed by atoms with Gasteiger partial charge in [-0.1, -0.05) is 31.2 Å². The van der Waals surface area contributed by atoms with E-state index in [2.05, 4.69) is 17.4 Å². The van der Waals surface area contributed by atoms with E-state index in [-0.39, 0.29) is 5.91 Å². The van der Waals surface area contributed by atoms with Crippen molar-refractivity contribution in [3.05, 3.63) is 59.2 Å². The molecule has 0 saturated carbocycles. The van der Waals surface area contributed by atoms with Gasteiger partial charge in [0.15, 0.2) is 6.10 Å². The lowest BCUT2D eigenvalue weighted by atomic mass is 10.1. The molecule has 2 aromatic rings. The third kappa shape index (κ3) is 5.80. The van der Waals surface area contributed by atoms with Gasteiger partial charge in [0.05, 0.1) is 7.11 Å². The number of benzene rings is 2. The van der Waals surface area contributed by atoms with Crippen LogP contribution in [0.1, 0.15) is 36.5 Å². The quantitative estimate of drug-likeness (QED) is 0.685. The molecule has 0 fully saturated rings. The highest BCUT2D eigenvalue weighted by atomic mass is 16.5. The fraction of sp³-hybridized carbons (Fsp3) is 0.409. The average Bonchev–Trinajstić information content (AvgIpc) is 2.62. The Morgan fingerprint density at radius 3 is 2.46 bits per heavy atom. The van der Waals surface area contributed by atoms with Crippen LogP contribution in [0.25, 0.3) is 0 Å². The zero-order valence-corrected chi connectivity index (χ0v) is 16.2. The van der Waals surface area contributed by atoms with Crippen molar-refractivity contribution in [1.82, 2.24) is 5.32 Å². The number of ether oxygens (including phenoxy) is 2. The van der Waals surface area contributed by atoms with E-state index in [1.54, 1.807) is 7.11 Å². The van der Waals surface area contributed by atoms with Gasteiger partial charge >= 0.3 is 0 Å². The second-order valence-corrected chi connectivity index (χ2v) is 6.54. The number of amides is 1. The van der Waals surface area contributed by atoms with Gasteiger partial charge in [-0.15, -0.1) is 0 Å². The van der Waals surface area contributed by atoms with Crippen LogP contribution in [-0.2, 0) is 11.2 Å². The van der Waals surface area contributed by atoms with E-state index in [1.165, 1.54) is 0 Å². The highest BCUT2D eigenvalue weighted by molar-refractivity contribution is 5.81. The highest BCUT2D eigenvalue weighted by Gasteiger charge is 2.18. The highest BCUT2D eigenvalue weighted by Crippen LogP contribution is 2.19. The Hall–Kier alpha value is -2.49. The first-order valence-electron chi connectivity index (χ1n) is 9.18. The summed E-state index contributed by atoms with van der Waals surface area (Å²) in [6.45, 7) is 6.63. The van der Waals surface area contributed by atoms with Crippen LogP contribution in [0.3, 0.4) is 0 Å². The zero-order chi connectivity index (χ0) is 18.9. The SMILES string of the molecule is CC[C@@H](Oc1cc(C)cc(C)c1)C(=O)NCCCc1ccccc1OC. The smallest absolute Gasteiger partial charge is 0.261 e. The Kier molecular flexibility index (Phi) is 7.52. The van der Waals surface area contributed by atoms with Gasteiger partial charge < -0.3 is 14.8 Å². The summed E-state index contributed by atoms with van der Waals surface area (Å²) in [5, 5.41) is 2.99. The van der Waals surface area contributed by atoms with Gasteiger partial charge in [0, 0.05) is 6.54 Å². The Bertz CT molecular complexity index is 707. The van der Waals surface area contributed by atoms with Gasteiger partial charge in [-0.25, -0.2) is 0 Å². The van der Waals surface area contributed by atoms with E-state index in [9.17, 15) is 4.79 Å². The normalized spacial score (nSPS) is 11.7. The zero-order valence-electron chi connectivity index (χ0n) is 16.2. The molecule has 0 unspecified atom stereocenters. The predicted molar refractivity (Wildman–Crippen MR) is 105 cm³/mol. The molecule has 140 valence electrons. The van der Waals surface area contributed by atoms with Crippen molar-refractivity contribution in [1.29, 1.82) is 0 Å². The lowest BCUT2D eigenvalue weighted by Gasteiger charge is -2.18. The third-order valence-corrected chi connectivity index (χ3v) is 4.25. The molecule has 0 spiro atoms. The lowest BCUT2D eigenvalue weighted by molar-refractivity contribution is -0.128. The topological polar surface area (TPSA) is 47.6 Å². The Balaban J connectivity index is 1.83. The average molecular weight is 355 g/mol. The molecule has 0 heterocycles. The largest absolute Gasteiger partial charge is 0.496 e. The second-order valence-electron chi connectivity index (χ2n) is 6.54. The molecule has 0 radical (unpaired) electrons. The van der Waals surface area contributed by atoms with E-state index in [4.69, 9.17) is 9.47 Å². The molecule has 4 nitrogen and oxygen atoms in total. The van der Waals surface area contributed by atoms with Gasteiger partial charge in [0.25, 0.3) is 5.91 Å². The Labute approximate surface area is 156 Å². The van der Waals surface area contributed by atoms with Gasteiger partial charge in [0.1, 0.15) is 11.5 Å². The van der Waals surface area contributed by atoms with E-state index >= 15 is 0 Å². The number of rotatable bonds is 9. The summed E-state index contributed by atoms with van der Waals surface area (Å²) in [6, 6.07) is 14.0. The summed E-state index contributed by atoms with van der Waals surface area (Å²) in [7, 11) is 1.68. The van der Waals surface area contributed by atoms with E-state index in [1.807, 2.05) is 51.1 Å². The minimum atomic E-state index is -0.470.